The summed E-state index contributed by atoms with van der Waals surface area (Å²) in [5.41, 5.74) is 0.144. The van der Waals surface area contributed by atoms with E-state index in [4.69, 9.17) is 11.6 Å². The number of aromatic nitrogens is 2. The third-order valence-corrected chi connectivity index (χ3v) is 4.55. The highest BCUT2D eigenvalue weighted by molar-refractivity contribution is 7.09. The lowest BCUT2D eigenvalue weighted by molar-refractivity contribution is 0.0943. The molecule has 0 unspecified atom stereocenters. The fraction of sp³-hybridized carbons (Fsp3) is 0.188. The van der Waals surface area contributed by atoms with Gasteiger partial charge < -0.3 is 5.32 Å². The number of carbonyl (C=O) groups excluding carboxylic acids is 1. The summed E-state index contributed by atoms with van der Waals surface area (Å²) in [7, 11) is 0. The number of aryl methyl sites for hydroxylation is 1. The lowest BCUT2D eigenvalue weighted by Crippen LogP contribution is -2.31. The number of carbonyl (C=O) groups is 1. The molecule has 0 atom stereocenters. The Labute approximate surface area is 141 Å². The fourth-order valence-electron chi connectivity index (χ4n) is 2.32. The maximum Gasteiger partial charge on any atom is 0.276 e. The van der Waals surface area contributed by atoms with Crippen LogP contribution in [0.15, 0.2) is 40.5 Å². The van der Waals surface area contributed by atoms with E-state index in [2.05, 4.69) is 10.4 Å². The number of halogens is 1. The molecule has 2 heterocycles. The lowest BCUT2D eigenvalue weighted by atomic mass is 10.2. The Morgan fingerprint density at radius 3 is 2.91 bits per heavy atom. The standard InChI is InChI=1S/C16H14ClN3O2S/c1-2-20-13-6-5-10(17)8-12(13)15(21)14(19-20)16(22)18-9-11-4-3-7-23-11/h3-8H,2,9H2,1H3,(H,18,22). The summed E-state index contributed by atoms with van der Waals surface area (Å²) in [5, 5.41) is 9.72. The second-order valence-corrected chi connectivity index (χ2v) is 6.39. The van der Waals surface area contributed by atoms with Crippen molar-refractivity contribution in [2.75, 3.05) is 0 Å². The number of thiophene rings is 1. The van der Waals surface area contributed by atoms with Crippen molar-refractivity contribution in [1.29, 1.82) is 0 Å². The van der Waals surface area contributed by atoms with E-state index in [0.717, 1.165) is 4.88 Å². The minimum atomic E-state index is -0.479. The smallest absolute Gasteiger partial charge is 0.276 e. The summed E-state index contributed by atoms with van der Waals surface area (Å²) in [4.78, 5) is 25.9. The third-order valence-electron chi connectivity index (χ3n) is 3.43. The van der Waals surface area contributed by atoms with Gasteiger partial charge in [0.05, 0.1) is 17.4 Å². The second kappa shape index (κ2) is 6.52. The average Bonchev–Trinajstić information content (AvgIpc) is 3.07. The van der Waals surface area contributed by atoms with Crippen molar-refractivity contribution in [2.24, 2.45) is 0 Å². The molecular formula is C16H14ClN3O2S. The molecule has 0 aliphatic heterocycles. The van der Waals surface area contributed by atoms with Crippen LogP contribution >= 0.6 is 22.9 Å². The van der Waals surface area contributed by atoms with Gasteiger partial charge in [0.15, 0.2) is 5.69 Å². The van der Waals surface area contributed by atoms with Gasteiger partial charge in [-0.3, -0.25) is 14.3 Å². The summed E-state index contributed by atoms with van der Waals surface area (Å²) in [6.07, 6.45) is 0. The number of hydrogen-bond donors (Lipinski definition) is 1. The normalized spacial score (nSPS) is 10.9. The van der Waals surface area contributed by atoms with Gasteiger partial charge in [-0.15, -0.1) is 11.3 Å². The molecule has 0 fully saturated rings. The minimum absolute atomic E-state index is 0.113. The van der Waals surface area contributed by atoms with Gasteiger partial charge in [-0.2, -0.15) is 5.10 Å². The average molecular weight is 348 g/mol. The summed E-state index contributed by atoms with van der Waals surface area (Å²) >= 11 is 7.52. The van der Waals surface area contributed by atoms with Crippen LogP contribution < -0.4 is 10.7 Å². The van der Waals surface area contributed by atoms with Gasteiger partial charge >= 0.3 is 0 Å². The van der Waals surface area contributed by atoms with E-state index in [1.54, 1.807) is 34.2 Å². The monoisotopic (exact) mass is 347 g/mol. The third kappa shape index (κ3) is 3.13. The van der Waals surface area contributed by atoms with Crippen molar-refractivity contribution < 1.29 is 4.79 Å². The molecule has 3 aromatic rings. The first-order valence-corrected chi connectivity index (χ1v) is 8.37. The minimum Gasteiger partial charge on any atom is -0.346 e. The maximum atomic E-state index is 12.6. The Morgan fingerprint density at radius 2 is 2.22 bits per heavy atom. The summed E-state index contributed by atoms with van der Waals surface area (Å²) < 4.78 is 1.63. The van der Waals surface area contributed by atoms with E-state index in [0.29, 0.717) is 29.0 Å². The first kappa shape index (κ1) is 15.7. The van der Waals surface area contributed by atoms with Crippen LogP contribution in [0.2, 0.25) is 5.02 Å². The molecule has 7 heteroatoms. The Bertz CT molecular complexity index is 919. The molecule has 5 nitrogen and oxygen atoms in total. The SMILES string of the molecule is CCn1nc(C(=O)NCc2cccs2)c(=O)c2cc(Cl)ccc21. The number of fused-ring (bicyclic) bond motifs is 1. The van der Waals surface area contributed by atoms with Gasteiger partial charge in [0.2, 0.25) is 5.43 Å². The fourth-order valence-corrected chi connectivity index (χ4v) is 3.13. The van der Waals surface area contributed by atoms with Crippen LogP contribution in [0.25, 0.3) is 10.9 Å². The molecule has 23 heavy (non-hydrogen) atoms. The summed E-state index contributed by atoms with van der Waals surface area (Å²) in [6.45, 7) is 2.82. The Balaban J connectivity index is 2.01. The van der Waals surface area contributed by atoms with Gasteiger partial charge in [-0.1, -0.05) is 17.7 Å². The van der Waals surface area contributed by atoms with E-state index >= 15 is 0 Å². The van der Waals surface area contributed by atoms with Gasteiger partial charge in [0.25, 0.3) is 5.91 Å². The van der Waals surface area contributed by atoms with Crippen molar-refractivity contribution in [2.45, 2.75) is 20.0 Å². The van der Waals surface area contributed by atoms with Crippen molar-refractivity contribution in [3.05, 3.63) is 61.5 Å². The molecule has 118 valence electrons. The molecule has 2 aromatic heterocycles. The van der Waals surface area contributed by atoms with Crippen LogP contribution in [0.4, 0.5) is 0 Å². The topological polar surface area (TPSA) is 64.0 Å². The van der Waals surface area contributed by atoms with E-state index in [1.165, 1.54) is 0 Å². The van der Waals surface area contributed by atoms with Crippen LogP contribution in [-0.4, -0.2) is 15.7 Å². The van der Waals surface area contributed by atoms with Crippen molar-refractivity contribution >= 4 is 39.7 Å². The van der Waals surface area contributed by atoms with Crippen molar-refractivity contribution in [1.82, 2.24) is 15.1 Å². The number of rotatable bonds is 4. The first-order valence-electron chi connectivity index (χ1n) is 7.11. The van der Waals surface area contributed by atoms with Crippen LogP contribution in [0.5, 0.6) is 0 Å². The van der Waals surface area contributed by atoms with Crippen LogP contribution in [-0.2, 0) is 13.1 Å². The second-order valence-electron chi connectivity index (χ2n) is 4.92. The van der Waals surface area contributed by atoms with Crippen LogP contribution in [0.1, 0.15) is 22.3 Å². The van der Waals surface area contributed by atoms with Gasteiger partial charge in [-0.05, 0) is 36.6 Å². The van der Waals surface area contributed by atoms with Crippen LogP contribution in [0.3, 0.4) is 0 Å². The Hall–Kier alpha value is -2.18. The zero-order valence-corrected chi connectivity index (χ0v) is 13.9. The van der Waals surface area contributed by atoms with E-state index in [1.807, 2.05) is 24.4 Å². The molecule has 0 saturated heterocycles. The van der Waals surface area contributed by atoms with Gasteiger partial charge in [0, 0.05) is 16.4 Å². The number of benzene rings is 1. The molecule has 3 rings (SSSR count). The Kier molecular flexibility index (Phi) is 4.45. The molecule has 0 bridgehead atoms. The highest BCUT2D eigenvalue weighted by Gasteiger charge is 2.17. The molecule has 1 amide bonds. The quantitative estimate of drug-likeness (QED) is 0.788. The van der Waals surface area contributed by atoms with Crippen molar-refractivity contribution in [3.8, 4) is 0 Å². The zero-order valence-electron chi connectivity index (χ0n) is 12.4. The van der Waals surface area contributed by atoms with E-state index < -0.39 is 11.3 Å². The molecule has 0 aliphatic carbocycles. The van der Waals surface area contributed by atoms with E-state index in [9.17, 15) is 9.59 Å². The number of amides is 1. The number of nitrogens with one attached hydrogen (secondary N) is 1. The number of hydrogen-bond acceptors (Lipinski definition) is 4. The maximum absolute atomic E-state index is 12.6. The lowest BCUT2D eigenvalue weighted by Gasteiger charge is -2.10. The highest BCUT2D eigenvalue weighted by atomic mass is 35.5. The predicted molar refractivity (Wildman–Crippen MR) is 92.2 cm³/mol. The summed E-state index contributed by atoms with van der Waals surface area (Å²) in [6, 6.07) is 8.84. The molecule has 0 aliphatic rings. The molecule has 1 aromatic carbocycles. The van der Waals surface area contributed by atoms with Crippen molar-refractivity contribution in [3.63, 3.8) is 0 Å². The Morgan fingerprint density at radius 1 is 1.39 bits per heavy atom. The predicted octanol–water partition coefficient (Wildman–Crippen LogP) is 3.06. The zero-order chi connectivity index (χ0) is 16.4. The molecule has 0 saturated carbocycles. The highest BCUT2D eigenvalue weighted by Crippen LogP contribution is 2.16. The molecule has 0 radical (unpaired) electrons. The van der Waals surface area contributed by atoms with Gasteiger partial charge in [-0.25, -0.2) is 0 Å². The molecule has 1 N–H and O–H groups in total. The summed E-state index contributed by atoms with van der Waals surface area (Å²) in [5.74, 6) is -0.479. The molecular weight excluding hydrogens is 334 g/mol. The number of nitrogens with zero attached hydrogens (tertiary/aromatic N) is 2. The van der Waals surface area contributed by atoms with E-state index in [-0.39, 0.29) is 5.69 Å². The molecule has 0 spiro atoms. The van der Waals surface area contributed by atoms with Crippen LogP contribution in [0, 0.1) is 0 Å². The van der Waals surface area contributed by atoms with Gasteiger partial charge in [0.1, 0.15) is 0 Å². The largest absolute Gasteiger partial charge is 0.346 e. The first-order chi connectivity index (χ1) is 11.1.